The molecular formula is C17H30ClN5O3. The lowest BCUT2D eigenvalue weighted by Gasteiger charge is -2.19. The average molecular weight is 388 g/mol. The lowest BCUT2D eigenvalue weighted by molar-refractivity contribution is 0.0675. The van der Waals surface area contributed by atoms with Crippen molar-refractivity contribution < 1.29 is 5.11 Å². The van der Waals surface area contributed by atoms with Crippen molar-refractivity contribution in [1.29, 1.82) is 0 Å². The van der Waals surface area contributed by atoms with Gasteiger partial charge in [0, 0.05) is 33.2 Å². The molecule has 0 saturated heterocycles. The normalized spacial score (nSPS) is 13.0. The van der Waals surface area contributed by atoms with Gasteiger partial charge in [-0.3, -0.25) is 13.9 Å². The van der Waals surface area contributed by atoms with Crippen LogP contribution in [0.5, 0.6) is 0 Å². The fraction of sp³-hybridized carbons (Fsp3) is 0.706. The molecule has 0 radical (unpaired) electrons. The van der Waals surface area contributed by atoms with E-state index < -0.39 is 5.60 Å². The third-order valence-corrected chi connectivity index (χ3v) is 4.49. The van der Waals surface area contributed by atoms with Crippen molar-refractivity contribution in [3.8, 4) is 0 Å². The van der Waals surface area contributed by atoms with E-state index in [4.69, 9.17) is 0 Å². The molecular weight excluding hydrogens is 358 g/mol. The van der Waals surface area contributed by atoms with Crippen LogP contribution in [0.1, 0.15) is 40.0 Å². The van der Waals surface area contributed by atoms with E-state index in [0.29, 0.717) is 30.3 Å². The van der Waals surface area contributed by atoms with Gasteiger partial charge >= 0.3 is 5.69 Å². The van der Waals surface area contributed by atoms with E-state index in [1.54, 1.807) is 17.9 Å². The van der Waals surface area contributed by atoms with Crippen molar-refractivity contribution in [2.24, 2.45) is 14.1 Å². The summed E-state index contributed by atoms with van der Waals surface area (Å²) in [5.74, 6) is 0. The Hall–Kier alpha value is -1.64. The van der Waals surface area contributed by atoms with Crippen molar-refractivity contribution in [3.05, 3.63) is 27.2 Å². The molecule has 0 fully saturated rings. The van der Waals surface area contributed by atoms with Crippen LogP contribution in [0.2, 0.25) is 0 Å². The highest BCUT2D eigenvalue weighted by molar-refractivity contribution is 5.85. The van der Waals surface area contributed by atoms with Crippen molar-refractivity contribution in [3.63, 3.8) is 0 Å². The van der Waals surface area contributed by atoms with E-state index in [9.17, 15) is 14.7 Å². The maximum Gasteiger partial charge on any atom is 0.332 e. The molecule has 0 saturated carbocycles. The Morgan fingerprint density at radius 3 is 2.54 bits per heavy atom. The van der Waals surface area contributed by atoms with Crippen molar-refractivity contribution in [2.75, 3.05) is 6.54 Å². The zero-order valence-electron chi connectivity index (χ0n) is 16.2. The number of aliphatic hydroxyl groups is 1. The molecule has 0 bridgehead atoms. The number of rotatable bonds is 8. The van der Waals surface area contributed by atoms with Gasteiger partial charge in [0.1, 0.15) is 0 Å². The summed E-state index contributed by atoms with van der Waals surface area (Å²) >= 11 is 0. The molecule has 0 aliphatic carbocycles. The maximum absolute atomic E-state index is 12.4. The predicted molar refractivity (Wildman–Crippen MR) is 105 cm³/mol. The Bertz CT molecular complexity index is 847. The number of imidazole rings is 1. The predicted octanol–water partition coefficient (Wildman–Crippen LogP) is 0.775. The summed E-state index contributed by atoms with van der Waals surface area (Å²) in [6.45, 7) is 7.05. The first-order valence-corrected chi connectivity index (χ1v) is 8.68. The van der Waals surface area contributed by atoms with Gasteiger partial charge in [0.2, 0.25) is 0 Å². The van der Waals surface area contributed by atoms with Crippen LogP contribution < -0.4 is 16.6 Å². The number of hydrogen-bond acceptors (Lipinski definition) is 5. The lowest BCUT2D eigenvalue weighted by Crippen LogP contribution is -2.38. The zero-order valence-corrected chi connectivity index (χ0v) is 17.0. The minimum Gasteiger partial charge on any atom is -0.390 e. The summed E-state index contributed by atoms with van der Waals surface area (Å²) in [6, 6.07) is 0.323. The van der Waals surface area contributed by atoms with Gasteiger partial charge in [-0.05, 0) is 40.0 Å². The molecule has 0 spiro atoms. The van der Waals surface area contributed by atoms with Gasteiger partial charge in [0.15, 0.2) is 11.2 Å². The van der Waals surface area contributed by atoms with Crippen LogP contribution in [0, 0.1) is 0 Å². The van der Waals surface area contributed by atoms with E-state index in [2.05, 4.69) is 17.2 Å². The summed E-state index contributed by atoms with van der Waals surface area (Å²) in [4.78, 5) is 28.5. The molecule has 2 rings (SSSR count). The van der Waals surface area contributed by atoms with Crippen LogP contribution in [0.15, 0.2) is 15.9 Å². The topological polar surface area (TPSA) is 94.1 Å². The molecule has 1 unspecified atom stereocenters. The number of nitrogens with one attached hydrogen (secondary N) is 1. The van der Waals surface area contributed by atoms with Gasteiger partial charge in [-0.1, -0.05) is 0 Å². The van der Waals surface area contributed by atoms with Gasteiger partial charge in [0.25, 0.3) is 5.56 Å². The largest absolute Gasteiger partial charge is 0.390 e. The Morgan fingerprint density at radius 2 is 1.92 bits per heavy atom. The number of fused-ring (bicyclic) bond motifs is 1. The first-order chi connectivity index (χ1) is 11.6. The van der Waals surface area contributed by atoms with Gasteiger partial charge in [-0.25, -0.2) is 9.78 Å². The highest BCUT2D eigenvalue weighted by Crippen LogP contribution is 2.13. The fourth-order valence-corrected chi connectivity index (χ4v) is 2.94. The number of halogens is 1. The van der Waals surface area contributed by atoms with E-state index in [0.717, 1.165) is 23.8 Å². The standard InChI is InChI=1S/C17H29N5O3.ClH/c1-12(7-6-8-17(2,3)25)18-9-10-22-11-19-14-13(22)15(23)21(5)16(24)20(14)4;/h11-12,18,25H,6-10H2,1-5H3;1H. The molecule has 26 heavy (non-hydrogen) atoms. The lowest BCUT2D eigenvalue weighted by atomic mass is 10.00. The Labute approximate surface area is 159 Å². The molecule has 2 heterocycles. The van der Waals surface area contributed by atoms with E-state index in [-0.39, 0.29) is 23.7 Å². The van der Waals surface area contributed by atoms with Crippen LogP contribution in [0.25, 0.3) is 11.2 Å². The second-order valence-corrected chi connectivity index (χ2v) is 7.38. The van der Waals surface area contributed by atoms with Crippen molar-refractivity contribution in [1.82, 2.24) is 24.0 Å². The number of nitrogens with zero attached hydrogens (tertiary/aromatic N) is 4. The quantitative estimate of drug-likeness (QED) is 0.697. The molecule has 9 heteroatoms. The van der Waals surface area contributed by atoms with Gasteiger partial charge in [-0.2, -0.15) is 0 Å². The highest BCUT2D eigenvalue weighted by atomic mass is 35.5. The first-order valence-electron chi connectivity index (χ1n) is 8.68. The summed E-state index contributed by atoms with van der Waals surface area (Å²) < 4.78 is 4.28. The average Bonchev–Trinajstić information content (AvgIpc) is 2.93. The minimum atomic E-state index is -0.620. The summed E-state index contributed by atoms with van der Waals surface area (Å²) in [6.07, 6.45) is 4.31. The van der Waals surface area contributed by atoms with Crippen LogP contribution in [-0.4, -0.2) is 42.0 Å². The molecule has 148 valence electrons. The molecule has 0 aliphatic rings. The van der Waals surface area contributed by atoms with E-state index in [1.165, 1.54) is 11.6 Å². The van der Waals surface area contributed by atoms with Crippen LogP contribution in [-0.2, 0) is 20.6 Å². The summed E-state index contributed by atoms with van der Waals surface area (Å²) in [7, 11) is 3.09. The smallest absolute Gasteiger partial charge is 0.332 e. The van der Waals surface area contributed by atoms with Gasteiger partial charge in [0.05, 0.1) is 11.9 Å². The molecule has 8 nitrogen and oxygen atoms in total. The SMILES string of the molecule is CC(CCCC(C)(C)O)NCCn1cnc2c1c(=O)n(C)c(=O)n2C.Cl. The maximum atomic E-state index is 12.4. The van der Waals surface area contributed by atoms with Crippen molar-refractivity contribution in [2.45, 2.75) is 58.2 Å². The molecule has 0 amide bonds. The molecule has 2 N–H and O–H groups in total. The zero-order chi connectivity index (χ0) is 18.8. The van der Waals surface area contributed by atoms with E-state index in [1.807, 2.05) is 13.8 Å². The summed E-state index contributed by atoms with van der Waals surface area (Å²) in [5.41, 5.74) is -0.464. The van der Waals surface area contributed by atoms with Crippen LogP contribution >= 0.6 is 12.4 Å². The molecule has 2 aromatic heterocycles. The summed E-state index contributed by atoms with van der Waals surface area (Å²) in [5, 5.41) is 13.2. The number of aryl methyl sites for hydroxylation is 1. The monoisotopic (exact) mass is 387 g/mol. The Balaban J connectivity index is 0.00000338. The van der Waals surface area contributed by atoms with Crippen LogP contribution in [0.3, 0.4) is 0 Å². The fourth-order valence-electron chi connectivity index (χ4n) is 2.94. The third-order valence-electron chi connectivity index (χ3n) is 4.49. The van der Waals surface area contributed by atoms with Crippen molar-refractivity contribution >= 4 is 23.6 Å². The molecule has 1 atom stereocenters. The first kappa shape index (κ1) is 22.4. The second-order valence-electron chi connectivity index (χ2n) is 7.38. The Morgan fingerprint density at radius 1 is 1.27 bits per heavy atom. The second kappa shape index (κ2) is 8.83. The number of aromatic nitrogens is 4. The van der Waals surface area contributed by atoms with Gasteiger partial charge < -0.3 is 15.0 Å². The molecule has 0 aliphatic heterocycles. The van der Waals surface area contributed by atoms with Gasteiger partial charge in [-0.15, -0.1) is 12.4 Å². The molecule has 2 aromatic rings. The highest BCUT2D eigenvalue weighted by Gasteiger charge is 2.15. The molecule has 0 aromatic carbocycles. The Kier molecular flexibility index (Phi) is 7.61. The third kappa shape index (κ3) is 5.18. The minimum absolute atomic E-state index is 0. The van der Waals surface area contributed by atoms with Crippen LogP contribution in [0.4, 0.5) is 0 Å². The number of hydrogen-bond donors (Lipinski definition) is 2. The van der Waals surface area contributed by atoms with E-state index >= 15 is 0 Å².